The summed E-state index contributed by atoms with van der Waals surface area (Å²) in [6, 6.07) is 0.246. The zero-order valence-corrected chi connectivity index (χ0v) is 18.4. The molecule has 1 N–H and O–H groups in total. The van der Waals surface area contributed by atoms with Crippen molar-refractivity contribution < 1.29 is 9.53 Å². The largest absolute Gasteiger partial charge is 0.444 e. The molecule has 0 aromatic carbocycles. The Morgan fingerprint density at radius 2 is 1.87 bits per heavy atom. The van der Waals surface area contributed by atoms with Gasteiger partial charge in [-0.2, -0.15) is 10.1 Å². The first-order valence-electron chi connectivity index (χ1n) is 11.3. The smallest absolute Gasteiger partial charge is 0.410 e. The van der Waals surface area contributed by atoms with Crippen LogP contribution in [0, 0.1) is 5.92 Å². The van der Waals surface area contributed by atoms with Gasteiger partial charge in [0.25, 0.3) is 0 Å². The SMILES string of the molecule is CC(C)(C)OC(=O)N1CCC(Nc2ncc3cnn(CC4CCCCC4)c3n2)CC1. The zero-order valence-electron chi connectivity index (χ0n) is 18.4. The Hall–Kier alpha value is -2.38. The number of nitrogens with zero attached hydrogens (tertiary/aromatic N) is 5. The summed E-state index contributed by atoms with van der Waals surface area (Å²) < 4.78 is 7.52. The number of ether oxygens (including phenoxy) is 1. The fraction of sp³-hybridized carbons (Fsp3) is 0.727. The van der Waals surface area contributed by atoms with Gasteiger partial charge in [-0.1, -0.05) is 19.3 Å². The molecule has 1 aliphatic heterocycles. The van der Waals surface area contributed by atoms with Gasteiger partial charge in [-0.05, 0) is 52.4 Å². The maximum atomic E-state index is 12.2. The van der Waals surface area contributed by atoms with Crippen LogP contribution in [-0.4, -0.2) is 55.5 Å². The van der Waals surface area contributed by atoms with Crippen molar-refractivity contribution in [2.75, 3.05) is 18.4 Å². The number of carbonyl (C=O) groups excluding carboxylic acids is 1. The maximum absolute atomic E-state index is 12.2. The van der Waals surface area contributed by atoms with E-state index < -0.39 is 5.60 Å². The van der Waals surface area contributed by atoms with Crippen LogP contribution in [0.5, 0.6) is 0 Å². The first-order chi connectivity index (χ1) is 14.4. The molecule has 0 bridgehead atoms. The fourth-order valence-electron chi connectivity index (χ4n) is 4.40. The third-order valence-electron chi connectivity index (χ3n) is 6.01. The van der Waals surface area contributed by atoms with Crippen LogP contribution in [0.3, 0.4) is 0 Å². The second kappa shape index (κ2) is 8.78. The molecule has 1 saturated heterocycles. The Kier molecular flexibility index (Phi) is 6.11. The minimum absolute atomic E-state index is 0.231. The van der Waals surface area contributed by atoms with E-state index in [1.165, 1.54) is 32.1 Å². The van der Waals surface area contributed by atoms with E-state index in [1.807, 2.05) is 37.8 Å². The summed E-state index contributed by atoms with van der Waals surface area (Å²) in [7, 11) is 0. The van der Waals surface area contributed by atoms with Gasteiger partial charge >= 0.3 is 6.09 Å². The van der Waals surface area contributed by atoms with Crippen LogP contribution in [0.4, 0.5) is 10.7 Å². The third kappa shape index (κ3) is 5.21. The minimum atomic E-state index is -0.462. The first kappa shape index (κ1) is 20.9. The fourth-order valence-corrected chi connectivity index (χ4v) is 4.40. The Labute approximate surface area is 178 Å². The lowest BCUT2D eigenvalue weighted by Gasteiger charge is -2.33. The van der Waals surface area contributed by atoms with Gasteiger partial charge in [0.05, 0.1) is 11.6 Å². The summed E-state index contributed by atoms with van der Waals surface area (Å²) in [5.74, 6) is 1.34. The highest BCUT2D eigenvalue weighted by molar-refractivity contribution is 5.74. The van der Waals surface area contributed by atoms with Crippen LogP contribution in [0.15, 0.2) is 12.4 Å². The van der Waals surface area contributed by atoms with Crippen molar-refractivity contribution in [3.63, 3.8) is 0 Å². The average Bonchev–Trinajstić information content (AvgIpc) is 3.10. The highest BCUT2D eigenvalue weighted by Gasteiger charge is 2.27. The van der Waals surface area contributed by atoms with Crippen LogP contribution in [0.1, 0.15) is 65.7 Å². The molecule has 2 aromatic heterocycles. The van der Waals surface area contributed by atoms with Crippen molar-refractivity contribution in [2.24, 2.45) is 5.92 Å². The third-order valence-corrected chi connectivity index (χ3v) is 6.01. The molecule has 2 aliphatic rings. The van der Waals surface area contributed by atoms with Crippen molar-refractivity contribution in [1.29, 1.82) is 0 Å². The van der Waals surface area contributed by atoms with E-state index in [0.717, 1.165) is 30.4 Å². The van der Waals surface area contributed by atoms with Crippen LogP contribution >= 0.6 is 0 Å². The van der Waals surface area contributed by atoms with Crippen molar-refractivity contribution in [1.82, 2.24) is 24.6 Å². The molecule has 0 radical (unpaired) electrons. The number of fused-ring (bicyclic) bond motifs is 1. The number of amides is 1. The number of piperidine rings is 1. The molecule has 1 saturated carbocycles. The van der Waals surface area contributed by atoms with Gasteiger partial charge in [-0.3, -0.25) is 0 Å². The molecule has 0 unspecified atom stereocenters. The molecule has 30 heavy (non-hydrogen) atoms. The van der Waals surface area contributed by atoms with Gasteiger partial charge in [0, 0.05) is 31.9 Å². The van der Waals surface area contributed by atoms with Crippen molar-refractivity contribution >= 4 is 23.1 Å². The Morgan fingerprint density at radius 1 is 1.13 bits per heavy atom. The van der Waals surface area contributed by atoms with Gasteiger partial charge < -0.3 is 15.0 Å². The van der Waals surface area contributed by atoms with Gasteiger partial charge in [-0.15, -0.1) is 0 Å². The highest BCUT2D eigenvalue weighted by atomic mass is 16.6. The summed E-state index contributed by atoms with van der Waals surface area (Å²) >= 11 is 0. The quantitative estimate of drug-likeness (QED) is 0.806. The van der Waals surface area contributed by atoms with Gasteiger partial charge in [-0.25, -0.2) is 14.5 Å². The minimum Gasteiger partial charge on any atom is -0.444 e. The summed E-state index contributed by atoms with van der Waals surface area (Å²) in [6.07, 6.45) is 11.8. The second-order valence-electron chi connectivity index (χ2n) is 9.69. The highest BCUT2D eigenvalue weighted by Crippen LogP contribution is 2.26. The predicted molar refractivity (Wildman–Crippen MR) is 116 cm³/mol. The topological polar surface area (TPSA) is 85.2 Å². The van der Waals surface area contributed by atoms with Gasteiger partial charge in [0.1, 0.15) is 5.60 Å². The number of likely N-dealkylation sites (tertiary alicyclic amines) is 1. The van der Waals surface area contributed by atoms with E-state index in [1.54, 1.807) is 4.90 Å². The average molecular weight is 415 g/mol. The Bertz CT molecular complexity index is 860. The maximum Gasteiger partial charge on any atom is 0.410 e. The van der Waals surface area contributed by atoms with Crippen molar-refractivity contribution in [3.05, 3.63) is 12.4 Å². The van der Waals surface area contributed by atoms with Crippen LogP contribution < -0.4 is 5.32 Å². The van der Waals surface area contributed by atoms with Crippen LogP contribution in [-0.2, 0) is 11.3 Å². The van der Waals surface area contributed by atoms with E-state index in [0.29, 0.717) is 25.0 Å². The first-order valence-corrected chi connectivity index (χ1v) is 11.3. The Morgan fingerprint density at radius 3 is 2.57 bits per heavy atom. The zero-order chi connectivity index (χ0) is 21.1. The number of nitrogens with one attached hydrogen (secondary N) is 1. The molecule has 1 amide bonds. The molecular weight excluding hydrogens is 380 g/mol. The van der Waals surface area contributed by atoms with E-state index in [2.05, 4.69) is 15.4 Å². The number of hydrogen-bond acceptors (Lipinski definition) is 6. The number of anilines is 1. The van der Waals surface area contributed by atoms with Crippen LogP contribution in [0.25, 0.3) is 11.0 Å². The van der Waals surface area contributed by atoms with E-state index in [-0.39, 0.29) is 12.1 Å². The summed E-state index contributed by atoms with van der Waals surface area (Å²) in [4.78, 5) is 23.3. The molecule has 8 heteroatoms. The lowest BCUT2D eigenvalue weighted by molar-refractivity contribution is 0.0210. The number of carbonyl (C=O) groups is 1. The summed E-state index contributed by atoms with van der Waals surface area (Å²) in [5.41, 5.74) is 0.444. The van der Waals surface area contributed by atoms with Crippen LogP contribution in [0.2, 0.25) is 0 Å². The molecule has 8 nitrogen and oxygen atoms in total. The molecular formula is C22H34N6O2. The lowest BCUT2D eigenvalue weighted by Crippen LogP contribution is -2.44. The molecule has 164 valence electrons. The standard InChI is InChI=1S/C22H34N6O2/c1-22(2,3)30-21(29)27-11-9-18(10-12-27)25-20-23-13-17-14-24-28(19(17)26-20)15-16-7-5-4-6-8-16/h13-14,16,18H,4-12,15H2,1-3H3,(H,23,25,26). The van der Waals surface area contributed by atoms with E-state index >= 15 is 0 Å². The molecule has 1 aliphatic carbocycles. The normalized spacial score (nSPS) is 19.2. The number of aromatic nitrogens is 4. The molecule has 2 fully saturated rings. The molecule has 3 heterocycles. The van der Waals surface area contributed by atoms with E-state index in [9.17, 15) is 4.79 Å². The second-order valence-corrected chi connectivity index (χ2v) is 9.69. The monoisotopic (exact) mass is 414 g/mol. The molecule has 0 spiro atoms. The lowest BCUT2D eigenvalue weighted by atomic mass is 9.89. The summed E-state index contributed by atoms with van der Waals surface area (Å²) in [6.45, 7) is 7.97. The van der Waals surface area contributed by atoms with E-state index in [4.69, 9.17) is 9.72 Å². The summed E-state index contributed by atoms with van der Waals surface area (Å²) in [5, 5.41) is 9.01. The number of hydrogen-bond donors (Lipinski definition) is 1. The molecule has 4 rings (SSSR count). The van der Waals surface area contributed by atoms with Crippen molar-refractivity contribution in [3.8, 4) is 0 Å². The number of rotatable bonds is 4. The Balaban J connectivity index is 1.35. The predicted octanol–water partition coefficient (Wildman–Crippen LogP) is 4.22. The molecule has 2 aromatic rings. The van der Waals surface area contributed by atoms with Gasteiger partial charge in [0.15, 0.2) is 5.65 Å². The van der Waals surface area contributed by atoms with Crippen molar-refractivity contribution in [2.45, 2.75) is 83.9 Å². The molecule has 0 atom stereocenters. The van der Waals surface area contributed by atoms with Gasteiger partial charge in [0.2, 0.25) is 5.95 Å².